The van der Waals surface area contributed by atoms with Gasteiger partial charge in [0.25, 0.3) is 5.91 Å². The Hall–Kier alpha value is -3.01. The van der Waals surface area contributed by atoms with Crippen molar-refractivity contribution >= 4 is 11.6 Å². The number of ether oxygens (including phenoxy) is 1. The molecule has 3 aromatic rings. The van der Waals surface area contributed by atoms with E-state index in [1.54, 1.807) is 12.1 Å². The minimum Gasteiger partial charge on any atom is -0.486 e. The molecule has 0 aliphatic rings. The van der Waals surface area contributed by atoms with Crippen molar-refractivity contribution in [3.63, 3.8) is 0 Å². The zero-order valence-corrected chi connectivity index (χ0v) is 13.7. The minimum atomic E-state index is -0.272. The Morgan fingerprint density at radius 2 is 1.71 bits per heavy atom. The van der Waals surface area contributed by atoms with E-state index in [-0.39, 0.29) is 18.3 Å². The van der Waals surface area contributed by atoms with Gasteiger partial charge >= 0.3 is 0 Å². The highest BCUT2D eigenvalue weighted by Crippen LogP contribution is 2.17. The number of rotatable bonds is 5. The van der Waals surface area contributed by atoms with Crippen molar-refractivity contribution in [3.05, 3.63) is 83.3 Å². The molecule has 0 aliphatic carbocycles. The third-order valence-corrected chi connectivity index (χ3v) is 3.49. The predicted molar refractivity (Wildman–Crippen MR) is 93.4 cm³/mol. The van der Waals surface area contributed by atoms with Gasteiger partial charge in [-0.05, 0) is 61.4 Å². The molecule has 1 N–H and O–H groups in total. The zero-order chi connectivity index (χ0) is 16.9. The SMILES string of the molecule is Cc1cc(C)cc(NC(=O)c2ccc(COc3ccccc3)o2)c1. The van der Waals surface area contributed by atoms with Crippen LogP contribution < -0.4 is 10.1 Å². The molecule has 24 heavy (non-hydrogen) atoms. The number of carbonyl (C=O) groups excluding carboxylic acids is 1. The molecule has 3 rings (SSSR count). The topological polar surface area (TPSA) is 51.5 Å². The molecule has 0 unspecified atom stereocenters. The van der Waals surface area contributed by atoms with Crippen LogP contribution in [0, 0.1) is 13.8 Å². The highest BCUT2D eigenvalue weighted by molar-refractivity contribution is 6.02. The number of anilines is 1. The van der Waals surface area contributed by atoms with Gasteiger partial charge in [-0.3, -0.25) is 4.79 Å². The molecular weight excluding hydrogens is 302 g/mol. The highest BCUT2D eigenvalue weighted by atomic mass is 16.5. The van der Waals surface area contributed by atoms with Crippen LogP contribution >= 0.6 is 0 Å². The fourth-order valence-electron chi connectivity index (χ4n) is 2.49. The van der Waals surface area contributed by atoms with Crippen molar-refractivity contribution in [2.24, 2.45) is 0 Å². The predicted octanol–water partition coefficient (Wildman–Crippen LogP) is 4.73. The first-order chi connectivity index (χ1) is 11.6. The summed E-state index contributed by atoms with van der Waals surface area (Å²) in [6, 6.07) is 18.8. The lowest BCUT2D eigenvalue weighted by atomic mass is 10.1. The van der Waals surface area contributed by atoms with Gasteiger partial charge in [0, 0.05) is 5.69 Å². The van der Waals surface area contributed by atoms with Crippen LogP contribution in [0.3, 0.4) is 0 Å². The van der Waals surface area contributed by atoms with E-state index in [1.807, 2.05) is 56.3 Å². The number of hydrogen-bond donors (Lipinski definition) is 1. The van der Waals surface area contributed by atoms with Gasteiger partial charge in [-0.15, -0.1) is 0 Å². The van der Waals surface area contributed by atoms with Gasteiger partial charge < -0.3 is 14.5 Å². The van der Waals surface area contributed by atoms with Gasteiger partial charge in [0.2, 0.25) is 0 Å². The molecule has 0 atom stereocenters. The Bertz CT molecular complexity index is 817. The van der Waals surface area contributed by atoms with Crippen LogP contribution in [0.1, 0.15) is 27.4 Å². The maximum absolute atomic E-state index is 12.3. The minimum absolute atomic E-state index is 0.265. The van der Waals surface area contributed by atoms with Crippen LogP contribution in [0.5, 0.6) is 5.75 Å². The summed E-state index contributed by atoms with van der Waals surface area (Å²) < 4.78 is 11.2. The molecule has 4 nitrogen and oxygen atoms in total. The Kier molecular flexibility index (Phi) is 4.66. The number of para-hydroxylation sites is 1. The lowest BCUT2D eigenvalue weighted by Crippen LogP contribution is -2.11. The molecule has 4 heteroatoms. The van der Waals surface area contributed by atoms with E-state index in [4.69, 9.17) is 9.15 Å². The molecule has 1 aromatic heterocycles. The number of aryl methyl sites for hydroxylation is 2. The van der Waals surface area contributed by atoms with Gasteiger partial charge in [-0.2, -0.15) is 0 Å². The van der Waals surface area contributed by atoms with Crippen LogP contribution in [0.25, 0.3) is 0 Å². The maximum Gasteiger partial charge on any atom is 0.291 e. The normalized spacial score (nSPS) is 10.4. The number of amides is 1. The van der Waals surface area contributed by atoms with E-state index in [0.29, 0.717) is 5.76 Å². The fraction of sp³-hybridized carbons (Fsp3) is 0.150. The zero-order valence-electron chi connectivity index (χ0n) is 13.7. The van der Waals surface area contributed by atoms with E-state index < -0.39 is 0 Å². The number of hydrogen-bond acceptors (Lipinski definition) is 3. The summed E-state index contributed by atoms with van der Waals surface area (Å²) in [6.45, 7) is 4.27. The average Bonchev–Trinajstić information content (AvgIpc) is 3.02. The van der Waals surface area contributed by atoms with Crippen molar-refractivity contribution in [2.75, 3.05) is 5.32 Å². The van der Waals surface area contributed by atoms with Crippen LogP contribution in [0.4, 0.5) is 5.69 Å². The van der Waals surface area contributed by atoms with Crippen molar-refractivity contribution in [1.29, 1.82) is 0 Å². The Morgan fingerprint density at radius 3 is 2.42 bits per heavy atom. The molecule has 0 spiro atoms. The molecule has 0 aliphatic heterocycles. The van der Waals surface area contributed by atoms with Crippen molar-refractivity contribution in [1.82, 2.24) is 0 Å². The van der Waals surface area contributed by atoms with Crippen LogP contribution in [-0.4, -0.2) is 5.91 Å². The lowest BCUT2D eigenvalue weighted by molar-refractivity contribution is 0.0992. The number of nitrogens with one attached hydrogen (secondary N) is 1. The van der Waals surface area contributed by atoms with Crippen molar-refractivity contribution < 1.29 is 13.9 Å². The third kappa shape index (κ3) is 4.04. The first-order valence-electron chi connectivity index (χ1n) is 7.76. The Labute approximate surface area is 141 Å². The summed E-state index contributed by atoms with van der Waals surface area (Å²) in [5.74, 6) is 1.35. The number of benzene rings is 2. The monoisotopic (exact) mass is 321 g/mol. The fourth-order valence-corrected chi connectivity index (χ4v) is 2.49. The first-order valence-corrected chi connectivity index (χ1v) is 7.76. The third-order valence-electron chi connectivity index (χ3n) is 3.49. The van der Waals surface area contributed by atoms with Crippen LogP contribution in [0.15, 0.2) is 65.1 Å². The number of carbonyl (C=O) groups is 1. The summed E-state index contributed by atoms with van der Waals surface area (Å²) in [4.78, 5) is 12.3. The van der Waals surface area contributed by atoms with E-state index in [2.05, 4.69) is 11.4 Å². The largest absolute Gasteiger partial charge is 0.486 e. The van der Waals surface area contributed by atoms with Gasteiger partial charge in [-0.1, -0.05) is 24.3 Å². The summed E-state index contributed by atoms with van der Waals surface area (Å²) in [6.07, 6.45) is 0. The second-order valence-corrected chi connectivity index (χ2v) is 5.70. The van der Waals surface area contributed by atoms with Gasteiger partial charge in [0.15, 0.2) is 5.76 Å². The van der Waals surface area contributed by atoms with E-state index >= 15 is 0 Å². The quantitative estimate of drug-likeness (QED) is 0.739. The molecule has 0 radical (unpaired) electrons. The highest BCUT2D eigenvalue weighted by Gasteiger charge is 2.12. The van der Waals surface area contributed by atoms with Crippen molar-refractivity contribution in [2.45, 2.75) is 20.5 Å². The van der Waals surface area contributed by atoms with Gasteiger partial charge in [0.1, 0.15) is 18.1 Å². The Balaban J connectivity index is 1.63. The molecule has 2 aromatic carbocycles. The van der Waals surface area contributed by atoms with Gasteiger partial charge in [0.05, 0.1) is 0 Å². The Morgan fingerprint density at radius 1 is 1.00 bits per heavy atom. The maximum atomic E-state index is 12.3. The molecule has 122 valence electrons. The first kappa shape index (κ1) is 15.9. The van der Waals surface area contributed by atoms with E-state index in [1.165, 1.54) is 0 Å². The summed E-state index contributed by atoms with van der Waals surface area (Å²) >= 11 is 0. The molecular formula is C20H19NO3. The second kappa shape index (κ2) is 7.04. The van der Waals surface area contributed by atoms with E-state index in [0.717, 1.165) is 22.6 Å². The summed E-state index contributed by atoms with van der Waals surface area (Å²) in [7, 11) is 0. The van der Waals surface area contributed by atoms with Crippen LogP contribution in [0.2, 0.25) is 0 Å². The second-order valence-electron chi connectivity index (χ2n) is 5.70. The summed E-state index contributed by atoms with van der Waals surface area (Å²) in [5, 5.41) is 2.85. The van der Waals surface area contributed by atoms with Crippen molar-refractivity contribution in [3.8, 4) is 5.75 Å². The molecule has 1 heterocycles. The summed E-state index contributed by atoms with van der Waals surface area (Å²) in [5.41, 5.74) is 2.96. The molecule has 0 saturated heterocycles. The van der Waals surface area contributed by atoms with E-state index in [9.17, 15) is 4.79 Å². The molecule has 0 saturated carbocycles. The standard InChI is InChI=1S/C20H19NO3/c1-14-10-15(2)12-16(11-14)21-20(22)19-9-8-18(24-19)13-23-17-6-4-3-5-7-17/h3-12H,13H2,1-2H3,(H,21,22). The van der Waals surface area contributed by atoms with Gasteiger partial charge in [-0.25, -0.2) is 0 Å². The molecule has 1 amide bonds. The smallest absolute Gasteiger partial charge is 0.291 e. The average molecular weight is 321 g/mol. The number of furan rings is 1. The lowest BCUT2D eigenvalue weighted by Gasteiger charge is -2.06. The molecule has 0 fully saturated rings. The molecule has 0 bridgehead atoms. The van der Waals surface area contributed by atoms with Crippen LogP contribution in [-0.2, 0) is 6.61 Å².